The number of nitrogens with zero attached hydrogens (tertiary/aromatic N) is 3. The quantitative estimate of drug-likeness (QED) is 0.766. The number of ether oxygens (including phenoxy) is 1. The maximum atomic E-state index is 12.4. The van der Waals surface area contributed by atoms with E-state index in [1.54, 1.807) is 7.05 Å². The molecule has 0 N–H and O–H groups in total. The Bertz CT molecular complexity index is 506. The van der Waals surface area contributed by atoms with Gasteiger partial charge in [0.2, 0.25) is 11.8 Å². The molecule has 23 heavy (non-hydrogen) atoms. The van der Waals surface area contributed by atoms with Crippen molar-refractivity contribution in [1.29, 1.82) is 0 Å². The van der Waals surface area contributed by atoms with Crippen molar-refractivity contribution >= 4 is 17.9 Å². The van der Waals surface area contributed by atoms with Crippen molar-refractivity contribution in [2.75, 3.05) is 33.8 Å². The Hall–Kier alpha value is -1.79. The smallest absolute Gasteiger partial charge is 0.409 e. The normalized spacial score (nSPS) is 27.5. The first kappa shape index (κ1) is 16.1. The molecular formula is C16H25N3O4. The number of methoxy groups -OCH3 is 1. The van der Waals surface area contributed by atoms with E-state index in [1.807, 2.05) is 4.90 Å². The summed E-state index contributed by atoms with van der Waals surface area (Å²) < 4.78 is 4.62. The van der Waals surface area contributed by atoms with Crippen molar-refractivity contribution in [3.63, 3.8) is 0 Å². The summed E-state index contributed by atoms with van der Waals surface area (Å²) in [5, 5.41) is 0. The number of amides is 3. The van der Waals surface area contributed by atoms with Gasteiger partial charge in [-0.15, -0.1) is 0 Å². The lowest BCUT2D eigenvalue weighted by atomic mass is 9.83. The van der Waals surface area contributed by atoms with Gasteiger partial charge in [0.05, 0.1) is 7.11 Å². The van der Waals surface area contributed by atoms with Crippen LogP contribution in [0.3, 0.4) is 0 Å². The molecule has 3 aliphatic rings. The third kappa shape index (κ3) is 3.28. The summed E-state index contributed by atoms with van der Waals surface area (Å²) in [6, 6.07) is 0.745. The van der Waals surface area contributed by atoms with Crippen molar-refractivity contribution in [1.82, 2.24) is 14.7 Å². The number of fused-ring (bicyclic) bond motifs is 1. The zero-order valence-corrected chi connectivity index (χ0v) is 13.9. The second-order valence-electron chi connectivity index (χ2n) is 6.85. The van der Waals surface area contributed by atoms with E-state index in [4.69, 9.17) is 0 Å². The molecule has 3 amide bonds. The van der Waals surface area contributed by atoms with Crippen LogP contribution in [0.2, 0.25) is 0 Å². The second-order valence-corrected chi connectivity index (χ2v) is 6.85. The van der Waals surface area contributed by atoms with E-state index in [0.29, 0.717) is 43.4 Å². The van der Waals surface area contributed by atoms with Crippen LogP contribution in [0.5, 0.6) is 0 Å². The highest BCUT2D eigenvalue weighted by atomic mass is 16.5. The lowest BCUT2D eigenvalue weighted by Crippen LogP contribution is -2.58. The Balaban J connectivity index is 1.58. The lowest BCUT2D eigenvalue weighted by molar-refractivity contribution is -0.145. The number of hydrogen-bond donors (Lipinski definition) is 0. The molecule has 7 heteroatoms. The zero-order valence-electron chi connectivity index (χ0n) is 13.9. The highest BCUT2D eigenvalue weighted by molar-refractivity contribution is 5.82. The summed E-state index contributed by atoms with van der Waals surface area (Å²) in [6.45, 7) is 1.38. The molecule has 2 atom stereocenters. The van der Waals surface area contributed by atoms with E-state index >= 15 is 0 Å². The highest BCUT2D eigenvalue weighted by Gasteiger charge is 2.45. The fourth-order valence-electron chi connectivity index (χ4n) is 3.87. The predicted octanol–water partition coefficient (Wildman–Crippen LogP) is 0.687. The van der Waals surface area contributed by atoms with Crippen molar-refractivity contribution in [2.24, 2.45) is 5.92 Å². The van der Waals surface area contributed by atoms with Gasteiger partial charge < -0.3 is 19.4 Å². The van der Waals surface area contributed by atoms with Gasteiger partial charge in [0, 0.05) is 38.6 Å². The van der Waals surface area contributed by atoms with Crippen LogP contribution in [-0.4, -0.2) is 78.5 Å². The standard InChI is InChI=1S/C16H25N3O4/c1-17(16(22)23-2)10-15(21)18-8-7-13-11(9-18)3-6-14(20)19(13)12-4-5-12/h11-13H,3-10H2,1-2H3/t11-,13-/m0/s1. The number of likely N-dealkylation sites (tertiary alicyclic amines) is 2. The largest absolute Gasteiger partial charge is 0.453 e. The van der Waals surface area contributed by atoms with Crippen molar-refractivity contribution in [2.45, 2.75) is 44.2 Å². The average Bonchev–Trinajstić information content (AvgIpc) is 3.38. The maximum absolute atomic E-state index is 12.4. The van der Waals surface area contributed by atoms with Gasteiger partial charge in [-0.1, -0.05) is 0 Å². The molecule has 0 bridgehead atoms. The second kappa shape index (κ2) is 6.37. The summed E-state index contributed by atoms with van der Waals surface area (Å²) in [6.07, 6.45) is 4.06. The van der Waals surface area contributed by atoms with E-state index in [2.05, 4.69) is 9.64 Å². The van der Waals surface area contributed by atoms with Gasteiger partial charge in [-0.05, 0) is 31.6 Å². The van der Waals surface area contributed by atoms with Crippen LogP contribution in [0.4, 0.5) is 4.79 Å². The summed E-state index contributed by atoms with van der Waals surface area (Å²) in [5.74, 6) is 0.611. The van der Waals surface area contributed by atoms with Crippen molar-refractivity contribution in [3.8, 4) is 0 Å². The summed E-state index contributed by atoms with van der Waals surface area (Å²) in [5.41, 5.74) is 0. The number of hydrogen-bond acceptors (Lipinski definition) is 4. The fourth-order valence-corrected chi connectivity index (χ4v) is 3.87. The molecule has 7 nitrogen and oxygen atoms in total. The zero-order chi connectivity index (χ0) is 16.6. The van der Waals surface area contributed by atoms with Crippen LogP contribution < -0.4 is 0 Å². The third-order valence-electron chi connectivity index (χ3n) is 5.22. The molecule has 3 rings (SSSR count). The number of carbonyl (C=O) groups excluding carboxylic acids is 3. The number of carbonyl (C=O) groups is 3. The van der Waals surface area contributed by atoms with Crippen LogP contribution in [0.15, 0.2) is 0 Å². The highest BCUT2D eigenvalue weighted by Crippen LogP contribution is 2.38. The molecule has 2 saturated heterocycles. The van der Waals surface area contributed by atoms with E-state index in [0.717, 1.165) is 25.7 Å². The predicted molar refractivity (Wildman–Crippen MR) is 82.6 cm³/mol. The van der Waals surface area contributed by atoms with Crippen molar-refractivity contribution in [3.05, 3.63) is 0 Å². The van der Waals surface area contributed by atoms with E-state index < -0.39 is 6.09 Å². The van der Waals surface area contributed by atoms with Crippen LogP contribution in [0.1, 0.15) is 32.1 Å². The minimum atomic E-state index is -0.503. The monoisotopic (exact) mass is 323 g/mol. The summed E-state index contributed by atoms with van der Waals surface area (Å²) in [7, 11) is 2.87. The molecular weight excluding hydrogens is 298 g/mol. The summed E-state index contributed by atoms with van der Waals surface area (Å²) >= 11 is 0. The van der Waals surface area contributed by atoms with Gasteiger partial charge >= 0.3 is 6.09 Å². The lowest BCUT2D eigenvalue weighted by Gasteiger charge is -2.47. The Kier molecular flexibility index (Phi) is 4.46. The van der Waals surface area contributed by atoms with Gasteiger partial charge in [-0.25, -0.2) is 4.79 Å². The van der Waals surface area contributed by atoms with Gasteiger partial charge in [0.25, 0.3) is 0 Å². The average molecular weight is 323 g/mol. The maximum Gasteiger partial charge on any atom is 0.409 e. The van der Waals surface area contributed by atoms with E-state index in [9.17, 15) is 14.4 Å². The van der Waals surface area contributed by atoms with Crippen LogP contribution in [0.25, 0.3) is 0 Å². The van der Waals surface area contributed by atoms with Crippen LogP contribution >= 0.6 is 0 Å². The Labute approximate surface area is 136 Å². The minimum absolute atomic E-state index is 0.0370. The SMILES string of the molecule is COC(=O)N(C)CC(=O)N1CC[C@H]2[C@@H](CCC(=O)N2C2CC2)C1. The van der Waals surface area contributed by atoms with Crippen molar-refractivity contribution < 1.29 is 19.1 Å². The Morgan fingerprint density at radius 1 is 1.26 bits per heavy atom. The van der Waals surface area contributed by atoms with Gasteiger partial charge in [0.15, 0.2) is 0 Å². The molecule has 0 aromatic heterocycles. The first-order valence-electron chi connectivity index (χ1n) is 8.39. The van der Waals surface area contributed by atoms with Crippen LogP contribution in [-0.2, 0) is 14.3 Å². The Morgan fingerprint density at radius 3 is 2.65 bits per heavy atom. The molecule has 0 radical (unpaired) electrons. The molecule has 1 aliphatic carbocycles. The van der Waals surface area contributed by atoms with Gasteiger partial charge in [-0.2, -0.15) is 0 Å². The first-order valence-corrected chi connectivity index (χ1v) is 8.39. The molecule has 1 saturated carbocycles. The molecule has 0 aromatic carbocycles. The molecule has 3 fully saturated rings. The van der Waals surface area contributed by atoms with Crippen LogP contribution in [0, 0.1) is 5.92 Å². The molecule has 2 aliphatic heterocycles. The fraction of sp³-hybridized carbons (Fsp3) is 0.812. The van der Waals surface area contributed by atoms with Gasteiger partial charge in [-0.3, -0.25) is 9.59 Å². The number of likely N-dealkylation sites (N-methyl/N-ethyl adjacent to an activating group) is 1. The Morgan fingerprint density at radius 2 is 2.00 bits per heavy atom. The first-order chi connectivity index (χ1) is 11.0. The third-order valence-corrected chi connectivity index (χ3v) is 5.22. The molecule has 0 aromatic rings. The molecule has 2 heterocycles. The molecule has 0 spiro atoms. The van der Waals surface area contributed by atoms with E-state index in [-0.39, 0.29) is 12.5 Å². The topological polar surface area (TPSA) is 70.2 Å². The minimum Gasteiger partial charge on any atom is -0.453 e. The molecule has 0 unspecified atom stereocenters. The van der Waals surface area contributed by atoms with E-state index in [1.165, 1.54) is 12.0 Å². The number of piperidine rings is 2. The number of rotatable bonds is 3. The summed E-state index contributed by atoms with van der Waals surface area (Å²) in [4.78, 5) is 41.2. The van der Waals surface area contributed by atoms with Gasteiger partial charge in [0.1, 0.15) is 6.54 Å². The molecule has 128 valence electrons.